The van der Waals surface area contributed by atoms with Gasteiger partial charge in [0.1, 0.15) is 6.61 Å². The Bertz CT molecular complexity index is 718. The molecule has 0 saturated heterocycles. The third-order valence-corrected chi connectivity index (χ3v) is 3.27. The number of hydrogen-bond donors (Lipinski definition) is 0. The second-order valence-electron chi connectivity index (χ2n) is 4.05. The summed E-state index contributed by atoms with van der Waals surface area (Å²) in [5.41, 5.74) is 0.937. The molecule has 0 heterocycles. The smallest absolute Gasteiger partial charge is 0.272 e. The van der Waals surface area contributed by atoms with Gasteiger partial charge in [0, 0.05) is 17.7 Å². The molecule has 2 rings (SSSR count). The van der Waals surface area contributed by atoms with Crippen molar-refractivity contribution in [1.82, 2.24) is 0 Å². The van der Waals surface area contributed by atoms with E-state index in [-0.39, 0.29) is 28.1 Å². The van der Waals surface area contributed by atoms with Crippen LogP contribution < -0.4 is 4.74 Å². The second-order valence-corrected chi connectivity index (χ2v) is 4.87. The molecule has 0 aromatic heterocycles. The second kappa shape index (κ2) is 6.44. The van der Waals surface area contributed by atoms with Crippen LogP contribution in [0.2, 0.25) is 10.0 Å². The molecule has 0 fully saturated rings. The first-order chi connectivity index (χ1) is 10.0. The summed E-state index contributed by atoms with van der Waals surface area (Å²) < 4.78 is 5.49. The highest BCUT2D eigenvalue weighted by molar-refractivity contribution is 6.37. The number of hydrogen-bond acceptors (Lipinski definition) is 4. The van der Waals surface area contributed by atoms with Gasteiger partial charge in [0.2, 0.25) is 0 Å². The quantitative estimate of drug-likeness (QED) is 0.619. The number of ether oxygens (including phenoxy) is 1. The van der Waals surface area contributed by atoms with Gasteiger partial charge >= 0.3 is 0 Å². The van der Waals surface area contributed by atoms with Crippen molar-refractivity contribution >= 4 is 28.9 Å². The number of nitrogens with zero attached hydrogens (tertiary/aromatic N) is 2. The van der Waals surface area contributed by atoms with Crippen LogP contribution in [0, 0.1) is 21.4 Å². The Kier molecular flexibility index (Phi) is 4.63. The van der Waals surface area contributed by atoms with E-state index in [4.69, 9.17) is 33.2 Å². The van der Waals surface area contributed by atoms with Gasteiger partial charge in [0.05, 0.1) is 26.6 Å². The van der Waals surface area contributed by atoms with E-state index in [1.54, 1.807) is 24.3 Å². The number of non-ortho nitro benzene ring substituents is 1. The van der Waals surface area contributed by atoms with Crippen LogP contribution in [0.1, 0.15) is 11.1 Å². The number of nitro benzene ring substituents is 1. The van der Waals surface area contributed by atoms with Crippen LogP contribution >= 0.6 is 23.2 Å². The van der Waals surface area contributed by atoms with Gasteiger partial charge in [-0.15, -0.1) is 0 Å². The van der Waals surface area contributed by atoms with E-state index in [0.29, 0.717) is 11.1 Å². The fraction of sp³-hybridized carbons (Fsp3) is 0.0714. The van der Waals surface area contributed by atoms with Gasteiger partial charge in [-0.2, -0.15) is 5.26 Å². The fourth-order valence-electron chi connectivity index (χ4n) is 1.69. The maximum absolute atomic E-state index is 10.7. The van der Waals surface area contributed by atoms with Crippen molar-refractivity contribution in [3.63, 3.8) is 0 Å². The van der Waals surface area contributed by atoms with Crippen molar-refractivity contribution < 1.29 is 9.66 Å². The molecule has 0 N–H and O–H groups in total. The highest BCUT2D eigenvalue weighted by Gasteiger charge is 2.16. The molecule has 2 aromatic rings. The molecule has 21 heavy (non-hydrogen) atoms. The lowest BCUT2D eigenvalue weighted by atomic mass is 10.1. The fourth-order valence-corrected chi connectivity index (χ4v) is 2.28. The number of nitriles is 1. The summed E-state index contributed by atoms with van der Waals surface area (Å²) in [7, 11) is 0. The van der Waals surface area contributed by atoms with E-state index < -0.39 is 4.92 Å². The Balaban J connectivity index is 2.25. The zero-order valence-corrected chi connectivity index (χ0v) is 12.1. The first-order valence-corrected chi connectivity index (χ1v) is 6.52. The van der Waals surface area contributed by atoms with Crippen molar-refractivity contribution in [1.29, 1.82) is 5.26 Å². The van der Waals surface area contributed by atoms with E-state index >= 15 is 0 Å². The van der Waals surface area contributed by atoms with E-state index in [1.165, 1.54) is 12.1 Å². The van der Waals surface area contributed by atoms with Gasteiger partial charge in [0.15, 0.2) is 5.75 Å². The number of nitro groups is 1. The van der Waals surface area contributed by atoms with E-state index in [0.717, 1.165) is 0 Å². The molecule has 0 aliphatic carbocycles. The molecule has 5 nitrogen and oxygen atoms in total. The van der Waals surface area contributed by atoms with Crippen molar-refractivity contribution in [2.75, 3.05) is 0 Å². The van der Waals surface area contributed by atoms with Crippen LogP contribution in [0.15, 0.2) is 36.4 Å². The first kappa shape index (κ1) is 15.1. The predicted molar refractivity (Wildman–Crippen MR) is 78.6 cm³/mol. The minimum absolute atomic E-state index is 0.0450. The molecule has 0 saturated carbocycles. The van der Waals surface area contributed by atoms with Gasteiger partial charge < -0.3 is 4.74 Å². The molecule has 0 bridgehead atoms. The molecule has 0 amide bonds. The maximum Gasteiger partial charge on any atom is 0.272 e. The molecular weight excluding hydrogens is 315 g/mol. The Morgan fingerprint density at radius 3 is 2.43 bits per heavy atom. The molecule has 106 valence electrons. The normalized spacial score (nSPS) is 9.95. The van der Waals surface area contributed by atoms with Crippen LogP contribution in [0.5, 0.6) is 5.75 Å². The molecule has 0 spiro atoms. The summed E-state index contributed by atoms with van der Waals surface area (Å²) in [6.45, 7) is 0.0843. The van der Waals surface area contributed by atoms with Gasteiger partial charge in [-0.25, -0.2) is 0 Å². The van der Waals surface area contributed by atoms with E-state index in [1.807, 2.05) is 6.07 Å². The van der Waals surface area contributed by atoms with Gasteiger partial charge in [-0.05, 0) is 6.07 Å². The summed E-state index contributed by atoms with van der Waals surface area (Å²) in [5.74, 6) is 0.150. The molecule has 2 aromatic carbocycles. The van der Waals surface area contributed by atoms with Gasteiger partial charge in [0.25, 0.3) is 5.69 Å². The van der Waals surface area contributed by atoms with Crippen LogP contribution in [0.4, 0.5) is 5.69 Å². The minimum atomic E-state index is -0.591. The number of halogens is 2. The molecule has 0 radical (unpaired) electrons. The van der Waals surface area contributed by atoms with E-state index in [9.17, 15) is 10.1 Å². The summed E-state index contributed by atoms with van der Waals surface area (Å²) in [4.78, 5) is 10.1. The summed E-state index contributed by atoms with van der Waals surface area (Å²) in [6, 6.07) is 11.3. The third-order valence-electron chi connectivity index (χ3n) is 2.70. The van der Waals surface area contributed by atoms with Crippen molar-refractivity contribution in [2.24, 2.45) is 0 Å². The lowest BCUT2D eigenvalue weighted by Gasteiger charge is -2.10. The van der Waals surface area contributed by atoms with Crippen LogP contribution in [0.25, 0.3) is 0 Å². The summed E-state index contributed by atoms with van der Waals surface area (Å²) in [6.07, 6.45) is 0. The molecule has 7 heteroatoms. The third kappa shape index (κ3) is 3.43. The monoisotopic (exact) mass is 322 g/mol. The zero-order chi connectivity index (χ0) is 15.4. The molecule has 0 unspecified atom stereocenters. The van der Waals surface area contributed by atoms with Crippen molar-refractivity contribution in [3.8, 4) is 11.8 Å². The summed E-state index contributed by atoms with van der Waals surface area (Å²) >= 11 is 11.9. The maximum atomic E-state index is 10.7. The van der Waals surface area contributed by atoms with Crippen LogP contribution in [0.3, 0.4) is 0 Å². The first-order valence-electron chi connectivity index (χ1n) is 5.77. The van der Waals surface area contributed by atoms with Crippen molar-refractivity contribution in [3.05, 3.63) is 67.7 Å². The minimum Gasteiger partial charge on any atom is -0.486 e. The Labute approximate surface area is 130 Å². The highest BCUT2D eigenvalue weighted by atomic mass is 35.5. The zero-order valence-electron chi connectivity index (χ0n) is 10.5. The molecule has 0 atom stereocenters. The Hall–Kier alpha value is -2.29. The Morgan fingerprint density at radius 1 is 1.24 bits per heavy atom. The predicted octanol–water partition coefficient (Wildman–Crippen LogP) is 4.35. The average molecular weight is 323 g/mol. The summed E-state index contributed by atoms with van der Waals surface area (Å²) in [5, 5.41) is 19.8. The lowest BCUT2D eigenvalue weighted by Crippen LogP contribution is -2.00. The standard InChI is InChI=1S/C14H8Cl2N2O3/c15-12-5-11(18(19)20)6-13(16)14(12)21-8-10-4-2-1-3-9(10)7-17/h1-6H,8H2. The number of benzene rings is 2. The van der Waals surface area contributed by atoms with Gasteiger partial charge in [-0.3, -0.25) is 10.1 Å². The highest BCUT2D eigenvalue weighted by Crippen LogP contribution is 2.37. The van der Waals surface area contributed by atoms with Gasteiger partial charge in [-0.1, -0.05) is 41.4 Å². The average Bonchev–Trinajstić information content (AvgIpc) is 2.46. The lowest BCUT2D eigenvalue weighted by molar-refractivity contribution is -0.384. The molecule has 0 aliphatic heterocycles. The van der Waals surface area contributed by atoms with E-state index in [2.05, 4.69) is 0 Å². The topological polar surface area (TPSA) is 76.2 Å². The SMILES string of the molecule is N#Cc1ccccc1COc1c(Cl)cc([N+](=O)[O-])cc1Cl. The Morgan fingerprint density at radius 2 is 1.86 bits per heavy atom. The van der Waals surface area contributed by atoms with Crippen LogP contribution in [-0.4, -0.2) is 4.92 Å². The number of rotatable bonds is 4. The van der Waals surface area contributed by atoms with Crippen LogP contribution in [-0.2, 0) is 6.61 Å². The molecule has 0 aliphatic rings. The largest absolute Gasteiger partial charge is 0.486 e. The van der Waals surface area contributed by atoms with Crippen molar-refractivity contribution in [2.45, 2.75) is 6.61 Å². The molecular formula is C14H8Cl2N2O3.